The normalized spacial score (nSPS) is 11.6. The van der Waals surface area contributed by atoms with Crippen LogP contribution in [0.5, 0.6) is 0 Å². The highest BCUT2D eigenvalue weighted by Crippen LogP contribution is 2.22. The minimum atomic E-state index is -3.66. The van der Waals surface area contributed by atoms with Crippen molar-refractivity contribution in [2.45, 2.75) is 25.3 Å². The number of carbonyl (C=O) groups is 1. The third kappa shape index (κ3) is 4.87. The topological polar surface area (TPSA) is 79.6 Å². The first-order chi connectivity index (χ1) is 13.7. The van der Waals surface area contributed by atoms with Gasteiger partial charge in [0.05, 0.1) is 11.4 Å². The molecule has 3 aromatic rings. The minimum Gasteiger partial charge on any atom is -0.455 e. The van der Waals surface area contributed by atoms with Gasteiger partial charge in [0.2, 0.25) is 10.0 Å². The van der Waals surface area contributed by atoms with Gasteiger partial charge in [0, 0.05) is 17.8 Å². The summed E-state index contributed by atoms with van der Waals surface area (Å²) < 4.78 is 32.1. The third-order valence-corrected chi connectivity index (χ3v) is 6.48. The van der Waals surface area contributed by atoms with Crippen LogP contribution >= 0.6 is 11.6 Å². The number of hydrogen-bond donors (Lipinski definition) is 1. The Morgan fingerprint density at radius 3 is 2.41 bits per heavy atom. The van der Waals surface area contributed by atoms with E-state index in [1.807, 2.05) is 13.8 Å². The predicted octanol–water partition coefficient (Wildman–Crippen LogP) is 4.62. The van der Waals surface area contributed by atoms with E-state index in [2.05, 4.69) is 5.32 Å². The van der Waals surface area contributed by atoms with E-state index in [-0.39, 0.29) is 17.2 Å². The lowest BCUT2D eigenvalue weighted by Crippen LogP contribution is -2.26. The largest absolute Gasteiger partial charge is 0.455 e. The Kier molecular flexibility index (Phi) is 6.12. The second-order valence-electron chi connectivity index (χ2n) is 6.75. The fraction of sp³-hybridized carbons (Fsp3) is 0.190. The molecule has 0 aliphatic carbocycles. The number of rotatable bonds is 6. The number of nitrogens with one attached hydrogen (secondary N) is 1. The molecule has 1 aromatic heterocycles. The fourth-order valence-electron chi connectivity index (χ4n) is 2.73. The zero-order valence-corrected chi connectivity index (χ0v) is 17.8. The molecule has 0 fully saturated rings. The lowest BCUT2D eigenvalue weighted by Gasteiger charge is -2.16. The summed E-state index contributed by atoms with van der Waals surface area (Å²) in [6.07, 6.45) is 0. The number of hydrogen-bond acceptors (Lipinski definition) is 4. The minimum absolute atomic E-state index is 0.00343. The molecule has 29 heavy (non-hydrogen) atoms. The maximum Gasteiger partial charge on any atom is 0.291 e. The molecule has 1 amide bonds. The van der Waals surface area contributed by atoms with Crippen LogP contribution in [0.4, 0.5) is 5.69 Å². The first-order valence-electron chi connectivity index (χ1n) is 8.86. The SMILES string of the molecule is Cc1ccc(S(=O)(=O)N(C)Cc2ccc(C(=O)Nc3ccc(Cl)cc3C)o2)cc1. The highest BCUT2D eigenvalue weighted by molar-refractivity contribution is 7.89. The summed E-state index contributed by atoms with van der Waals surface area (Å²) in [6.45, 7) is 3.73. The Balaban J connectivity index is 1.70. The Bertz CT molecular complexity index is 1140. The molecule has 0 bridgehead atoms. The van der Waals surface area contributed by atoms with Crippen LogP contribution in [0.2, 0.25) is 5.02 Å². The van der Waals surface area contributed by atoms with Gasteiger partial charge in [-0.2, -0.15) is 4.31 Å². The molecule has 152 valence electrons. The van der Waals surface area contributed by atoms with E-state index >= 15 is 0 Å². The molecule has 0 radical (unpaired) electrons. The average Bonchev–Trinajstić information content (AvgIpc) is 3.13. The van der Waals surface area contributed by atoms with Gasteiger partial charge in [-0.3, -0.25) is 4.79 Å². The number of amides is 1. The van der Waals surface area contributed by atoms with Gasteiger partial charge in [-0.25, -0.2) is 8.42 Å². The molecule has 1 heterocycles. The number of nitrogens with zero attached hydrogens (tertiary/aromatic N) is 1. The second-order valence-corrected chi connectivity index (χ2v) is 9.23. The summed E-state index contributed by atoms with van der Waals surface area (Å²) in [7, 11) is -2.20. The molecule has 8 heteroatoms. The third-order valence-electron chi connectivity index (χ3n) is 4.43. The molecule has 0 saturated carbocycles. The smallest absolute Gasteiger partial charge is 0.291 e. The van der Waals surface area contributed by atoms with Crippen LogP contribution in [0.25, 0.3) is 0 Å². The molecule has 0 aliphatic heterocycles. The Morgan fingerprint density at radius 1 is 1.07 bits per heavy atom. The Morgan fingerprint density at radius 2 is 1.76 bits per heavy atom. The van der Waals surface area contributed by atoms with Crippen molar-refractivity contribution < 1.29 is 17.6 Å². The summed E-state index contributed by atoms with van der Waals surface area (Å²) in [5, 5.41) is 3.34. The molecule has 1 N–H and O–H groups in total. The van der Waals surface area contributed by atoms with E-state index in [9.17, 15) is 13.2 Å². The molecule has 0 unspecified atom stereocenters. The Labute approximate surface area is 175 Å². The number of halogens is 1. The lowest BCUT2D eigenvalue weighted by molar-refractivity contribution is 0.0994. The van der Waals surface area contributed by atoms with Crippen molar-refractivity contribution in [3.8, 4) is 0 Å². The van der Waals surface area contributed by atoms with Crippen LogP contribution in [0.15, 0.2) is 63.9 Å². The fourth-order valence-corrected chi connectivity index (χ4v) is 4.09. The van der Waals surface area contributed by atoms with E-state index in [1.54, 1.807) is 48.5 Å². The van der Waals surface area contributed by atoms with Crippen LogP contribution < -0.4 is 5.32 Å². The zero-order chi connectivity index (χ0) is 21.2. The summed E-state index contributed by atoms with van der Waals surface area (Å²) in [5.74, 6) is 0.0300. The highest BCUT2D eigenvalue weighted by Gasteiger charge is 2.22. The quantitative estimate of drug-likeness (QED) is 0.616. The van der Waals surface area contributed by atoms with Crippen LogP contribution in [-0.2, 0) is 16.6 Å². The van der Waals surface area contributed by atoms with Gasteiger partial charge in [-0.05, 0) is 61.9 Å². The molecule has 3 rings (SSSR count). The summed E-state index contributed by atoms with van der Waals surface area (Å²) >= 11 is 5.93. The molecule has 0 spiro atoms. The molecule has 6 nitrogen and oxygen atoms in total. The number of aryl methyl sites for hydroxylation is 2. The van der Waals surface area contributed by atoms with E-state index in [4.69, 9.17) is 16.0 Å². The number of anilines is 1. The van der Waals surface area contributed by atoms with Crippen molar-refractivity contribution in [3.05, 3.63) is 82.3 Å². The van der Waals surface area contributed by atoms with E-state index in [0.29, 0.717) is 16.5 Å². The molecular weight excluding hydrogens is 412 g/mol. The second kappa shape index (κ2) is 8.41. The number of furan rings is 1. The van der Waals surface area contributed by atoms with Crippen molar-refractivity contribution in [2.24, 2.45) is 0 Å². The molecular formula is C21H21ClN2O4S. The van der Waals surface area contributed by atoms with Crippen molar-refractivity contribution in [2.75, 3.05) is 12.4 Å². The number of sulfonamides is 1. The van der Waals surface area contributed by atoms with Crippen LogP contribution in [-0.4, -0.2) is 25.7 Å². The van der Waals surface area contributed by atoms with E-state index in [0.717, 1.165) is 11.1 Å². The van der Waals surface area contributed by atoms with Gasteiger partial charge in [0.1, 0.15) is 5.76 Å². The summed E-state index contributed by atoms with van der Waals surface area (Å²) in [5.41, 5.74) is 2.42. The van der Waals surface area contributed by atoms with Gasteiger partial charge < -0.3 is 9.73 Å². The maximum absolute atomic E-state index is 12.7. The lowest BCUT2D eigenvalue weighted by atomic mass is 10.2. The molecule has 2 aromatic carbocycles. The van der Waals surface area contributed by atoms with Gasteiger partial charge in [-0.15, -0.1) is 0 Å². The van der Waals surface area contributed by atoms with Gasteiger partial charge in [-0.1, -0.05) is 29.3 Å². The maximum atomic E-state index is 12.7. The van der Waals surface area contributed by atoms with E-state index in [1.165, 1.54) is 17.4 Å². The monoisotopic (exact) mass is 432 g/mol. The van der Waals surface area contributed by atoms with Gasteiger partial charge in [0.15, 0.2) is 5.76 Å². The highest BCUT2D eigenvalue weighted by atomic mass is 35.5. The van der Waals surface area contributed by atoms with Crippen LogP contribution in [0, 0.1) is 13.8 Å². The van der Waals surface area contributed by atoms with Gasteiger partial charge in [0.25, 0.3) is 5.91 Å². The van der Waals surface area contributed by atoms with Crippen molar-refractivity contribution in [1.82, 2.24) is 4.31 Å². The first-order valence-corrected chi connectivity index (χ1v) is 10.7. The van der Waals surface area contributed by atoms with Crippen LogP contribution in [0.1, 0.15) is 27.4 Å². The summed E-state index contributed by atoms with van der Waals surface area (Å²) in [6, 6.07) is 14.9. The van der Waals surface area contributed by atoms with Crippen molar-refractivity contribution in [3.63, 3.8) is 0 Å². The number of carbonyl (C=O) groups excluding carboxylic acids is 1. The molecule has 0 atom stereocenters. The van der Waals surface area contributed by atoms with Gasteiger partial charge >= 0.3 is 0 Å². The van der Waals surface area contributed by atoms with Crippen molar-refractivity contribution in [1.29, 1.82) is 0 Å². The Hall–Kier alpha value is -2.61. The summed E-state index contributed by atoms with van der Waals surface area (Å²) in [4.78, 5) is 12.6. The van der Waals surface area contributed by atoms with Crippen LogP contribution in [0.3, 0.4) is 0 Å². The average molecular weight is 433 g/mol. The first kappa shape index (κ1) is 21.1. The molecule has 0 aliphatic rings. The standard InChI is InChI=1S/C21H21ClN2O4S/c1-14-4-8-18(9-5-14)29(26,27)24(3)13-17-7-11-20(28-17)21(25)23-19-10-6-16(22)12-15(19)2/h4-12H,13H2,1-3H3,(H,23,25). The zero-order valence-electron chi connectivity index (χ0n) is 16.3. The molecule has 0 saturated heterocycles. The van der Waals surface area contributed by atoms with Crippen molar-refractivity contribution >= 4 is 33.2 Å². The van der Waals surface area contributed by atoms with E-state index < -0.39 is 15.9 Å². The predicted molar refractivity (Wildman–Crippen MR) is 113 cm³/mol. The number of benzene rings is 2.